The van der Waals surface area contributed by atoms with E-state index in [1.165, 1.54) is 24.3 Å². The number of rotatable bonds is 5. The first-order valence-corrected chi connectivity index (χ1v) is 10.9. The fraction of sp³-hybridized carbons (Fsp3) is 0.417. The number of benzene rings is 2. The van der Waals surface area contributed by atoms with E-state index in [-0.39, 0.29) is 23.7 Å². The largest absolute Gasteiger partial charge is 0.496 e. The lowest BCUT2D eigenvalue weighted by molar-refractivity contribution is -0.0400. The van der Waals surface area contributed by atoms with Crippen LogP contribution in [0.1, 0.15) is 20.7 Å². The zero-order chi connectivity index (χ0) is 22.5. The highest BCUT2D eigenvalue weighted by Gasteiger charge is 2.29. The van der Waals surface area contributed by atoms with Crippen LogP contribution < -0.4 is 4.74 Å². The standard InChI is InChI=1S/C24H28FN3O4/c1-31-22-5-3-2-4-21(22)24(30)28-14-15-32-20(17-28)16-26-10-12-27(13-11-26)23(29)18-6-8-19(25)9-7-18/h2-9,20H,10-17H2,1H3. The monoisotopic (exact) mass is 441 g/mol. The Balaban J connectivity index is 1.29. The molecule has 0 saturated carbocycles. The molecule has 0 aliphatic carbocycles. The Morgan fingerprint density at radius 1 is 0.969 bits per heavy atom. The number of morpholine rings is 1. The van der Waals surface area contributed by atoms with Gasteiger partial charge in [0.1, 0.15) is 11.6 Å². The second-order valence-corrected chi connectivity index (χ2v) is 8.04. The Morgan fingerprint density at radius 2 is 1.69 bits per heavy atom. The molecule has 32 heavy (non-hydrogen) atoms. The lowest BCUT2D eigenvalue weighted by atomic mass is 10.1. The van der Waals surface area contributed by atoms with Gasteiger partial charge in [-0.2, -0.15) is 0 Å². The van der Waals surface area contributed by atoms with E-state index >= 15 is 0 Å². The summed E-state index contributed by atoms with van der Waals surface area (Å²) in [6.07, 6.45) is -0.0817. The molecule has 2 aliphatic heterocycles. The van der Waals surface area contributed by atoms with Gasteiger partial charge in [0.2, 0.25) is 0 Å². The topological polar surface area (TPSA) is 62.3 Å². The lowest BCUT2D eigenvalue weighted by Crippen LogP contribution is -2.54. The minimum Gasteiger partial charge on any atom is -0.496 e. The van der Waals surface area contributed by atoms with Crippen LogP contribution in [0.15, 0.2) is 48.5 Å². The van der Waals surface area contributed by atoms with Crippen LogP contribution in [0.5, 0.6) is 5.75 Å². The summed E-state index contributed by atoms with van der Waals surface area (Å²) in [4.78, 5) is 31.5. The Hall–Kier alpha value is -2.97. The summed E-state index contributed by atoms with van der Waals surface area (Å²) >= 11 is 0. The Bertz CT molecular complexity index is 945. The van der Waals surface area contributed by atoms with E-state index in [0.717, 1.165) is 13.1 Å². The Morgan fingerprint density at radius 3 is 2.41 bits per heavy atom. The van der Waals surface area contributed by atoms with Crippen molar-refractivity contribution < 1.29 is 23.5 Å². The summed E-state index contributed by atoms with van der Waals surface area (Å²) in [6.45, 7) is 4.93. The maximum absolute atomic E-state index is 13.1. The molecule has 0 bridgehead atoms. The van der Waals surface area contributed by atoms with E-state index in [2.05, 4.69) is 4.90 Å². The predicted molar refractivity (Wildman–Crippen MR) is 117 cm³/mol. The maximum Gasteiger partial charge on any atom is 0.257 e. The third-order valence-corrected chi connectivity index (χ3v) is 5.98. The second-order valence-electron chi connectivity index (χ2n) is 8.04. The first kappa shape index (κ1) is 22.2. The summed E-state index contributed by atoms with van der Waals surface area (Å²) in [7, 11) is 1.56. The SMILES string of the molecule is COc1ccccc1C(=O)N1CCOC(CN2CCN(C(=O)c3ccc(F)cc3)CC2)C1. The highest BCUT2D eigenvalue weighted by Crippen LogP contribution is 2.21. The summed E-state index contributed by atoms with van der Waals surface area (Å²) < 4.78 is 24.4. The predicted octanol–water partition coefficient (Wildman–Crippen LogP) is 2.13. The molecule has 1 atom stereocenters. The van der Waals surface area contributed by atoms with E-state index in [1.54, 1.807) is 24.1 Å². The molecule has 0 radical (unpaired) electrons. The molecule has 2 aliphatic rings. The first-order valence-electron chi connectivity index (χ1n) is 10.9. The van der Waals surface area contributed by atoms with Gasteiger partial charge in [-0.1, -0.05) is 12.1 Å². The van der Waals surface area contributed by atoms with Crippen LogP contribution in [-0.2, 0) is 4.74 Å². The van der Waals surface area contributed by atoms with Gasteiger partial charge in [-0.15, -0.1) is 0 Å². The summed E-state index contributed by atoms with van der Waals surface area (Å²) in [5.41, 5.74) is 1.06. The molecule has 0 N–H and O–H groups in total. The van der Waals surface area contributed by atoms with Gasteiger partial charge < -0.3 is 19.3 Å². The van der Waals surface area contributed by atoms with Crippen LogP contribution in [0, 0.1) is 5.82 Å². The highest BCUT2D eigenvalue weighted by atomic mass is 19.1. The highest BCUT2D eigenvalue weighted by molar-refractivity contribution is 5.97. The molecular weight excluding hydrogens is 413 g/mol. The van der Waals surface area contributed by atoms with Gasteiger partial charge in [-0.3, -0.25) is 14.5 Å². The van der Waals surface area contributed by atoms with E-state index in [1.807, 2.05) is 17.0 Å². The van der Waals surface area contributed by atoms with Gasteiger partial charge in [0.15, 0.2) is 0 Å². The molecule has 2 fully saturated rings. The Labute approximate surface area is 187 Å². The lowest BCUT2D eigenvalue weighted by Gasteiger charge is -2.39. The van der Waals surface area contributed by atoms with Crippen molar-refractivity contribution in [1.29, 1.82) is 0 Å². The van der Waals surface area contributed by atoms with Crippen LogP contribution in [0.3, 0.4) is 0 Å². The molecule has 2 saturated heterocycles. The number of para-hydroxylation sites is 1. The number of hydrogen-bond donors (Lipinski definition) is 0. The number of halogens is 1. The summed E-state index contributed by atoms with van der Waals surface area (Å²) in [6, 6.07) is 12.9. The maximum atomic E-state index is 13.1. The molecule has 7 nitrogen and oxygen atoms in total. The van der Waals surface area contributed by atoms with Crippen LogP contribution in [0.25, 0.3) is 0 Å². The molecule has 170 valence electrons. The number of nitrogens with zero attached hydrogens (tertiary/aromatic N) is 3. The van der Waals surface area contributed by atoms with Crippen molar-refractivity contribution in [3.8, 4) is 5.75 Å². The molecule has 0 aromatic heterocycles. The number of piperazine rings is 1. The minimum atomic E-state index is -0.350. The molecule has 1 unspecified atom stereocenters. The average Bonchev–Trinajstić information content (AvgIpc) is 2.84. The van der Waals surface area contributed by atoms with E-state index in [0.29, 0.717) is 56.2 Å². The zero-order valence-corrected chi connectivity index (χ0v) is 18.2. The molecular formula is C24H28FN3O4. The number of carbonyl (C=O) groups is 2. The van der Waals surface area contributed by atoms with Gasteiger partial charge >= 0.3 is 0 Å². The van der Waals surface area contributed by atoms with Crippen LogP contribution in [0.2, 0.25) is 0 Å². The number of hydrogen-bond acceptors (Lipinski definition) is 5. The van der Waals surface area contributed by atoms with Crippen LogP contribution in [-0.4, -0.2) is 92.1 Å². The van der Waals surface area contributed by atoms with Crippen molar-refractivity contribution in [2.24, 2.45) is 0 Å². The smallest absolute Gasteiger partial charge is 0.257 e. The van der Waals surface area contributed by atoms with Crippen LogP contribution >= 0.6 is 0 Å². The van der Waals surface area contributed by atoms with Crippen molar-refractivity contribution >= 4 is 11.8 Å². The van der Waals surface area contributed by atoms with E-state index in [9.17, 15) is 14.0 Å². The summed E-state index contributed by atoms with van der Waals surface area (Å²) in [5.74, 6) is 0.0946. The first-order chi connectivity index (χ1) is 15.5. The molecule has 8 heteroatoms. The third kappa shape index (κ3) is 5.08. The van der Waals surface area contributed by atoms with Gasteiger partial charge in [0.05, 0.1) is 25.4 Å². The molecule has 2 aromatic rings. The van der Waals surface area contributed by atoms with Crippen LogP contribution in [0.4, 0.5) is 4.39 Å². The number of carbonyl (C=O) groups excluding carboxylic acids is 2. The normalized spacial score (nSPS) is 19.6. The van der Waals surface area contributed by atoms with Gasteiger partial charge in [0.25, 0.3) is 11.8 Å². The molecule has 2 heterocycles. The quantitative estimate of drug-likeness (QED) is 0.712. The van der Waals surface area contributed by atoms with E-state index < -0.39 is 0 Å². The zero-order valence-electron chi connectivity index (χ0n) is 18.2. The summed E-state index contributed by atoms with van der Waals surface area (Å²) in [5, 5.41) is 0. The minimum absolute atomic E-state index is 0.0505. The van der Waals surface area contributed by atoms with Gasteiger partial charge in [-0.25, -0.2) is 4.39 Å². The van der Waals surface area contributed by atoms with Crippen molar-refractivity contribution in [2.75, 3.05) is 59.5 Å². The number of methoxy groups -OCH3 is 1. The van der Waals surface area contributed by atoms with E-state index in [4.69, 9.17) is 9.47 Å². The average molecular weight is 442 g/mol. The molecule has 2 amide bonds. The third-order valence-electron chi connectivity index (χ3n) is 5.98. The van der Waals surface area contributed by atoms with Gasteiger partial charge in [0, 0.05) is 51.4 Å². The van der Waals surface area contributed by atoms with Crippen molar-refractivity contribution in [3.63, 3.8) is 0 Å². The molecule has 0 spiro atoms. The number of amides is 2. The fourth-order valence-corrected chi connectivity index (χ4v) is 4.20. The van der Waals surface area contributed by atoms with Gasteiger partial charge in [-0.05, 0) is 36.4 Å². The number of ether oxygens (including phenoxy) is 2. The van der Waals surface area contributed by atoms with Crippen molar-refractivity contribution in [3.05, 3.63) is 65.5 Å². The second kappa shape index (κ2) is 10.1. The Kier molecular flexibility index (Phi) is 7.02. The molecule has 4 rings (SSSR count). The van der Waals surface area contributed by atoms with Crippen molar-refractivity contribution in [1.82, 2.24) is 14.7 Å². The fourth-order valence-electron chi connectivity index (χ4n) is 4.20. The molecule has 2 aromatic carbocycles. The van der Waals surface area contributed by atoms with Crippen molar-refractivity contribution in [2.45, 2.75) is 6.10 Å².